The lowest BCUT2D eigenvalue weighted by atomic mass is 9.88. The molecule has 2 amide bonds. The van der Waals surface area contributed by atoms with Gasteiger partial charge in [0.2, 0.25) is 0 Å². The third-order valence-corrected chi connectivity index (χ3v) is 13.6. The molecule has 0 atom stereocenters. The average Bonchev–Trinajstić information content (AvgIpc) is 2.95. The van der Waals surface area contributed by atoms with Crippen molar-refractivity contribution in [3.8, 4) is 5.75 Å². The van der Waals surface area contributed by atoms with Crippen molar-refractivity contribution in [1.29, 1.82) is 0 Å². The highest BCUT2D eigenvalue weighted by Crippen LogP contribution is 2.39. The molecule has 0 saturated heterocycles. The molecule has 0 bridgehead atoms. The summed E-state index contributed by atoms with van der Waals surface area (Å²) in [6.07, 6.45) is -5.10. The van der Waals surface area contributed by atoms with Gasteiger partial charge < -0.3 is 24.0 Å². The number of anilines is 1. The first-order valence-electron chi connectivity index (χ1n) is 17.4. The number of fused-ring (bicyclic) bond motifs is 1. The van der Waals surface area contributed by atoms with E-state index >= 15 is 4.39 Å². The summed E-state index contributed by atoms with van der Waals surface area (Å²) in [4.78, 5) is 32.0. The van der Waals surface area contributed by atoms with Crippen LogP contribution < -0.4 is 15.0 Å². The van der Waals surface area contributed by atoms with Gasteiger partial charge in [-0.3, -0.25) is 0 Å². The Morgan fingerprint density at radius 3 is 1.98 bits per heavy atom. The zero-order chi connectivity index (χ0) is 39.9. The average molecular weight is 768 g/mol. The van der Waals surface area contributed by atoms with Crippen molar-refractivity contribution < 1.29 is 50.2 Å². The van der Waals surface area contributed by atoms with E-state index in [0.717, 1.165) is 12.1 Å². The molecule has 53 heavy (non-hydrogen) atoms. The van der Waals surface area contributed by atoms with Crippen molar-refractivity contribution in [2.45, 2.75) is 136 Å². The van der Waals surface area contributed by atoms with Crippen LogP contribution in [0.25, 0.3) is 10.8 Å². The van der Waals surface area contributed by atoms with Crippen molar-refractivity contribution >= 4 is 37.1 Å². The van der Waals surface area contributed by atoms with Gasteiger partial charge in [-0.1, -0.05) is 20.8 Å². The summed E-state index contributed by atoms with van der Waals surface area (Å²) >= 11 is 0. The van der Waals surface area contributed by atoms with E-state index in [1.165, 1.54) is 18.3 Å². The Hall–Kier alpha value is -3.82. The maximum atomic E-state index is 16.2. The molecule has 1 fully saturated rings. The number of halogens is 5. The predicted octanol–water partition coefficient (Wildman–Crippen LogP) is 10.4. The second kappa shape index (κ2) is 15.1. The molecule has 15 heteroatoms. The SMILES string of the molecule is CC(C)(C)OC(=O)N(C(=O)OC(C)(C)C)c1cc2c(CNC3CC(Oc4ccc(F)c(C(F)(F)F)c4)C3)c(F)cc(CO[Si](C)(C)C(C)(C)C)c2cn1. The Bertz CT molecular complexity index is 1800. The van der Waals surface area contributed by atoms with Crippen LogP contribution >= 0.6 is 0 Å². The molecule has 1 aliphatic carbocycles. The molecule has 3 aromatic rings. The topological polar surface area (TPSA) is 99.2 Å². The normalized spacial score (nSPS) is 17.0. The van der Waals surface area contributed by atoms with Crippen LogP contribution in [-0.4, -0.2) is 48.8 Å². The van der Waals surface area contributed by atoms with Crippen LogP contribution in [0.2, 0.25) is 18.1 Å². The number of imide groups is 1. The first-order chi connectivity index (χ1) is 24.1. The van der Waals surface area contributed by atoms with Gasteiger partial charge in [-0.2, -0.15) is 18.1 Å². The van der Waals surface area contributed by atoms with Gasteiger partial charge in [-0.05, 0) is 114 Å². The molecular weight excluding hydrogens is 718 g/mol. The van der Waals surface area contributed by atoms with Gasteiger partial charge in [0.15, 0.2) is 8.32 Å². The molecule has 0 unspecified atom stereocenters. The number of amides is 2. The molecule has 1 N–H and O–H groups in total. The summed E-state index contributed by atoms with van der Waals surface area (Å²) in [7, 11) is -2.26. The van der Waals surface area contributed by atoms with Crippen LogP contribution in [0, 0.1) is 11.6 Å². The number of rotatable bonds is 9. The summed E-state index contributed by atoms with van der Waals surface area (Å²) in [5.41, 5.74) is -2.58. The number of nitrogens with zero attached hydrogens (tertiary/aromatic N) is 2. The molecule has 1 heterocycles. The van der Waals surface area contributed by atoms with E-state index in [1.807, 2.05) is 0 Å². The number of aromatic nitrogens is 1. The quantitative estimate of drug-likeness (QED) is 0.170. The zero-order valence-corrected chi connectivity index (χ0v) is 33.2. The minimum absolute atomic E-state index is 0.0141. The zero-order valence-electron chi connectivity index (χ0n) is 32.2. The Labute approximate surface area is 308 Å². The number of hydrogen-bond acceptors (Lipinski definition) is 8. The number of pyridine rings is 1. The lowest BCUT2D eigenvalue weighted by molar-refractivity contribution is -0.140. The van der Waals surface area contributed by atoms with Crippen LogP contribution in [-0.2, 0) is 33.2 Å². The number of nitrogens with one attached hydrogen (secondary N) is 1. The molecule has 0 aliphatic heterocycles. The predicted molar refractivity (Wildman–Crippen MR) is 194 cm³/mol. The Morgan fingerprint density at radius 1 is 0.868 bits per heavy atom. The molecule has 1 saturated carbocycles. The summed E-state index contributed by atoms with van der Waals surface area (Å²) in [5.74, 6) is -2.19. The van der Waals surface area contributed by atoms with Crippen LogP contribution in [0.5, 0.6) is 5.75 Å². The summed E-state index contributed by atoms with van der Waals surface area (Å²) in [5, 5.41) is 4.08. The molecule has 2 aromatic carbocycles. The largest absolute Gasteiger partial charge is 0.490 e. The van der Waals surface area contributed by atoms with Gasteiger partial charge in [0.25, 0.3) is 0 Å². The number of carbonyl (C=O) groups is 2. The monoisotopic (exact) mass is 767 g/mol. The van der Waals surface area contributed by atoms with E-state index in [4.69, 9.17) is 18.6 Å². The van der Waals surface area contributed by atoms with Gasteiger partial charge in [0.05, 0.1) is 12.2 Å². The molecule has 292 valence electrons. The van der Waals surface area contributed by atoms with Crippen molar-refractivity contribution in [3.05, 3.63) is 64.9 Å². The lowest BCUT2D eigenvalue weighted by Gasteiger charge is -2.36. The minimum Gasteiger partial charge on any atom is -0.490 e. The first kappa shape index (κ1) is 41.9. The smallest absolute Gasteiger partial charge is 0.425 e. The van der Waals surface area contributed by atoms with E-state index in [1.54, 1.807) is 41.5 Å². The minimum atomic E-state index is -4.86. The van der Waals surface area contributed by atoms with Crippen LogP contribution in [0.3, 0.4) is 0 Å². The van der Waals surface area contributed by atoms with Crippen LogP contribution in [0.4, 0.5) is 37.4 Å². The maximum absolute atomic E-state index is 16.2. The highest BCUT2D eigenvalue weighted by atomic mass is 28.4. The van der Waals surface area contributed by atoms with E-state index in [0.29, 0.717) is 40.1 Å². The van der Waals surface area contributed by atoms with Gasteiger partial charge in [0, 0.05) is 29.7 Å². The van der Waals surface area contributed by atoms with Crippen LogP contribution in [0.15, 0.2) is 36.5 Å². The third-order valence-electron chi connectivity index (χ3n) is 9.13. The Balaban J connectivity index is 1.66. The molecule has 0 spiro atoms. The number of carbonyl (C=O) groups excluding carboxylic acids is 2. The standard InChI is InChI=1S/C38H50F5N3O6Si/c1-35(2,3)51-33(47)46(34(48)52-36(4,5)6)32-18-26-27(19-45-32)22(21-49-53(10,11)37(7,8)9)14-31(40)28(26)20-44-23-15-25(16-23)50-24-12-13-30(39)29(17-24)38(41,42)43/h12-14,17-19,23,25,44H,15-16,20-21H2,1-11H3. The number of benzene rings is 2. The molecule has 4 rings (SSSR count). The summed E-state index contributed by atoms with van der Waals surface area (Å²) in [6.45, 7) is 20.5. The maximum Gasteiger partial charge on any atom is 0.425 e. The third kappa shape index (κ3) is 10.7. The molecule has 9 nitrogen and oxygen atoms in total. The van der Waals surface area contributed by atoms with Gasteiger partial charge >= 0.3 is 18.4 Å². The first-order valence-corrected chi connectivity index (χ1v) is 20.3. The molecule has 0 radical (unpaired) electrons. The highest BCUT2D eigenvalue weighted by Gasteiger charge is 2.39. The van der Waals surface area contributed by atoms with Crippen molar-refractivity contribution in [3.63, 3.8) is 0 Å². The van der Waals surface area contributed by atoms with Gasteiger partial charge in [-0.25, -0.2) is 23.4 Å². The molecule has 1 aromatic heterocycles. The molecule has 1 aliphatic rings. The second-order valence-electron chi connectivity index (χ2n) is 16.9. The summed E-state index contributed by atoms with van der Waals surface area (Å²) in [6, 6.07) is 5.16. The highest BCUT2D eigenvalue weighted by molar-refractivity contribution is 6.74. The fraction of sp³-hybridized carbons (Fsp3) is 0.553. The van der Waals surface area contributed by atoms with Crippen molar-refractivity contribution in [2.24, 2.45) is 0 Å². The Morgan fingerprint density at radius 2 is 1.45 bits per heavy atom. The lowest BCUT2D eigenvalue weighted by Crippen LogP contribution is -2.46. The van der Waals surface area contributed by atoms with E-state index in [2.05, 4.69) is 44.2 Å². The van der Waals surface area contributed by atoms with E-state index < -0.39 is 61.2 Å². The van der Waals surface area contributed by atoms with E-state index in [-0.39, 0.29) is 41.4 Å². The summed E-state index contributed by atoms with van der Waals surface area (Å²) < 4.78 is 92.6. The molecular formula is C38H50F5N3O6Si. The van der Waals surface area contributed by atoms with Crippen LogP contribution in [0.1, 0.15) is 91.8 Å². The van der Waals surface area contributed by atoms with Crippen molar-refractivity contribution in [1.82, 2.24) is 10.3 Å². The van der Waals surface area contributed by atoms with Gasteiger partial charge in [0.1, 0.15) is 40.5 Å². The fourth-order valence-corrected chi connectivity index (χ4v) is 6.18. The van der Waals surface area contributed by atoms with Crippen molar-refractivity contribution in [2.75, 3.05) is 4.90 Å². The number of alkyl halides is 3. The van der Waals surface area contributed by atoms with E-state index in [9.17, 15) is 27.2 Å². The number of hydrogen-bond donors (Lipinski definition) is 1. The fourth-order valence-electron chi connectivity index (χ4n) is 5.23. The second-order valence-corrected chi connectivity index (χ2v) is 21.7. The number of ether oxygens (including phenoxy) is 3. The Kier molecular flexibility index (Phi) is 12.0. The van der Waals surface area contributed by atoms with Gasteiger partial charge in [-0.15, -0.1) is 0 Å².